The molecule has 2 N–H and O–H groups in total. The van der Waals surface area contributed by atoms with Crippen LogP contribution in [0.25, 0.3) is 0 Å². The van der Waals surface area contributed by atoms with Crippen LogP contribution in [0.5, 0.6) is 0 Å². The molecule has 5 heteroatoms. The third-order valence-electron chi connectivity index (χ3n) is 1.81. The topological polar surface area (TPSA) is 26.0 Å². The summed E-state index contributed by atoms with van der Waals surface area (Å²) in [6.07, 6.45) is 2.74. The maximum absolute atomic E-state index is 5.75. The van der Waals surface area contributed by atoms with Crippen molar-refractivity contribution >= 4 is 40.0 Å². The molecule has 0 aliphatic rings. The fourth-order valence-corrected chi connectivity index (χ4v) is 3.63. The summed E-state index contributed by atoms with van der Waals surface area (Å²) in [5, 5.41) is 5.75. The lowest BCUT2D eigenvalue weighted by Gasteiger charge is -2.17. The normalized spacial score (nSPS) is 12.2. The second-order valence-electron chi connectivity index (χ2n) is 3.72. The molecule has 0 rings (SSSR count). The zero-order valence-corrected chi connectivity index (χ0v) is 12.7. The van der Waals surface area contributed by atoms with Gasteiger partial charge in [0.15, 0.2) is 0 Å². The molecule has 13 heavy (non-hydrogen) atoms. The molecule has 1 nitrogen and oxygen atoms in total. The molecule has 0 aromatic carbocycles. The van der Waals surface area contributed by atoms with Gasteiger partial charge in [0, 0.05) is 11.1 Å². The first-order chi connectivity index (χ1) is 6.04. The van der Waals surface area contributed by atoms with E-state index >= 15 is 0 Å². The van der Waals surface area contributed by atoms with Gasteiger partial charge in [-0.15, -0.1) is 0 Å². The lowest BCUT2D eigenvalue weighted by Crippen LogP contribution is -2.39. The van der Waals surface area contributed by atoms with Gasteiger partial charge in [0.25, 0.3) is 0 Å². The molecule has 0 atom stereocenters. The number of unbranched alkanes of at least 4 members (excludes halogenated alkanes) is 1. The average molecular weight is 258 g/mol. The predicted molar refractivity (Wildman–Crippen MR) is 70.8 cm³/mol. The van der Waals surface area contributed by atoms with Gasteiger partial charge in [-0.1, -0.05) is 62.1 Å². The Hall–Kier alpha value is 0.714. The van der Waals surface area contributed by atoms with E-state index in [4.69, 9.17) is 28.6 Å². The third-order valence-corrected chi connectivity index (χ3v) is 9.38. The van der Waals surface area contributed by atoms with Crippen molar-refractivity contribution in [2.24, 2.45) is 5.40 Å². The van der Waals surface area contributed by atoms with Gasteiger partial charge in [0.2, 0.25) is 0 Å². The molecule has 0 saturated carbocycles. The zero-order chi connectivity index (χ0) is 10.7. The maximum Gasteiger partial charge on any atom is 0.0800 e. The minimum Gasteiger partial charge on any atom is -0.357 e. The van der Waals surface area contributed by atoms with Gasteiger partial charge < -0.3 is 5.40 Å². The molecule has 0 aromatic heterocycles. The van der Waals surface area contributed by atoms with Crippen LogP contribution in [0.15, 0.2) is 11.1 Å². The van der Waals surface area contributed by atoms with Crippen molar-refractivity contribution in [2.45, 2.75) is 38.9 Å². The SMILES string of the molecule is CCCC[Si](C)(C)[SiH2]N.ClC=CCl. The number of nitrogens with two attached hydrogens (primary N) is 1. The number of hydrogen-bond acceptors (Lipinski definition) is 1. The van der Waals surface area contributed by atoms with Gasteiger partial charge in [-0.3, -0.25) is 0 Å². The molecule has 0 aliphatic heterocycles. The summed E-state index contributed by atoms with van der Waals surface area (Å²) in [6.45, 7) is 7.10. The molecule has 80 valence electrons. The molecule has 0 saturated heterocycles. The largest absolute Gasteiger partial charge is 0.357 e. The van der Waals surface area contributed by atoms with Crippen molar-refractivity contribution in [1.82, 2.24) is 0 Å². The Morgan fingerprint density at radius 3 is 2.00 bits per heavy atom. The van der Waals surface area contributed by atoms with Gasteiger partial charge in [-0.2, -0.15) is 0 Å². The van der Waals surface area contributed by atoms with E-state index in [9.17, 15) is 0 Å². The Kier molecular flexibility index (Phi) is 13.4. The first-order valence-electron chi connectivity index (χ1n) is 4.59. The Bertz CT molecular complexity index is 125. The first-order valence-corrected chi connectivity index (χ1v) is 11.8. The Morgan fingerprint density at radius 2 is 1.77 bits per heavy atom. The lowest BCUT2D eigenvalue weighted by molar-refractivity contribution is 0.872. The van der Waals surface area contributed by atoms with Crippen LogP contribution in [0.2, 0.25) is 19.1 Å². The Morgan fingerprint density at radius 1 is 1.31 bits per heavy atom. The molecule has 0 unspecified atom stereocenters. The summed E-state index contributed by atoms with van der Waals surface area (Å²) < 4.78 is 0. The van der Waals surface area contributed by atoms with Crippen LogP contribution in [0, 0.1) is 0 Å². The maximum atomic E-state index is 5.75. The van der Waals surface area contributed by atoms with Gasteiger partial charge in [0.05, 0.1) is 16.8 Å². The smallest absolute Gasteiger partial charge is 0.0800 e. The molecule has 0 heterocycles. The van der Waals surface area contributed by atoms with Crippen LogP contribution in [-0.4, -0.2) is 16.8 Å². The monoisotopic (exact) mass is 257 g/mol. The van der Waals surface area contributed by atoms with E-state index in [0.29, 0.717) is 0 Å². The van der Waals surface area contributed by atoms with Crippen molar-refractivity contribution in [1.29, 1.82) is 0 Å². The van der Waals surface area contributed by atoms with Crippen LogP contribution in [0.3, 0.4) is 0 Å². The van der Waals surface area contributed by atoms with E-state index in [-0.39, 0.29) is 9.20 Å². The molecule has 0 fully saturated rings. The van der Waals surface area contributed by atoms with Crippen LogP contribution >= 0.6 is 23.2 Å². The third kappa shape index (κ3) is 15.5. The number of rotatable bonds is 4. The molecule has 0 spiro atoms. The number of halogens is 2. The fraction of sp³-hybridized carbons (Fsp3) is 0.750. The highest BCUT2D eigenvalue weighted by atomic mass is 35.5. The van der Waals surface area contributed by atoms with Gasteiger partial charge >= 0.3 is 0 Å². The molecule has 0 aliphatic carbocycles. The standard InChI is InChI=1S/C6H19NSi2.C2H2Cl2/c1-4-5-6-9(2,3)8-7;3-1-2-4/h4-8H2,1-3H3;1-2H. The van der Waals surface area contributed by atoms with E-state index in [0.717, 1.165) is 0 Å². The summed E-state index contributed by atoms with van der Waals surface area (Å²) in [6, 6.07) is 1.46. The summed E-state index contributed by atoms with van der Waals surface area (Å²) in [7, 11) is -0.921. The van der Waals surface area contributed by atoms with Crippen LogP contribution in [0.1, 0.15) is 19.8 Å². The molecular formula is C8H21Cl2NSi2. The second-order valence-corrected chi connectivity index (χ2v) is 16.4. The van der Waals surface area contributed by atoms with Crippen molar-refractivity contribution in [2.75, 3.05) is 0 Å². The first kappa shape index (κ1) is 16.2. The van der Waals surface area contributed by atoms with Crippen molar-refractivity contribution in [3.8, 4) is 0 Å². The summed E-state index contributed by atoms with van der Waals surface area (Å²) in [4.78, 5) is 0. The molecule has 0 radical (unpaired) electrons. The van der Waals surface area contributed by atoms with E-state index in [1.165, 1.54) is 30.0 Å². The van der Waals surface area contributed by atoms with E-state index in [1.54, 1.807) is 0 Å². The van der Waals surface area contributed by atoms with Crippen LogP contribution in [-0.2, 0) is 0 Å². The molecule has 0 bridgehead atoms. The summed E-state index contributed by atoms with van der Waals surface area (Å²) in [5.74, 6) is 0. The second kappa shape index (κ2) is 10.8. The molecule has 0 aromatic rings. The van der Waals surface area contributed by atoms with Crippen molar-refractivity contribution in [3.63, 3.8) is 0 Å². The van der Waals surface area contributed by atoms with Gasteiger partial charge in [-0.05, 0) is 0 Å². The van der Waals surface area contributed by atoms with Gasteiger partial charge in [-0.25, -0.2) is 0 Å². The number of hydrogen-bond donors (Lipinski definition) is 1. The minimum absolute atomic E-state index is 0.140. The summed E-state index contributed by atoms with van der Waals surface area (Å²) in [5.41, 5.74) is 2.48. The van der Waals surface area contributed by atoms with E-state index < -0.39 is 7.59 Å². The van der Waals surface area contributed by atoms with Gasteiger partial charge in [0.1, 0.15) is 0 Å². The minimum atomic E-state index is -0.782. The predicted octanol–water partition coefficient (Wildman–Crippen LogP) is 2.97. The Labute approximate surface area is 95.4 Å². The summed E-state index contributed by atoms with van der Waals surface area (Å²) >= 11 is 9.75. The highest BCUT2D eigenvalue weighted by Gasteiger charge is 2.16. The molecular weight excluding hydrogens is 237 g/mol. The van der Waals surface area contributed by atoms with E-state index in [1.807, 2.05) is 0 Å². The Balaban J connectivity index is 0. The fourth-order valence-electron chi connectivity index (χ4n) is 0.757. The quantitative estimate of drug-likeness (QED) is 0.771. The highest BCUT2D eigenvalue weighted by molar-refractivity contribution is 7.22. The highest BCUT2D eigenvalue weighted by Crippen LogP contribution is 2.09. The average Bonchev–Trinajstić information content (AvgIpc) is 2.15. The zero-order valence-electron chi connectivity index (χ0n) is 8.82. The van der Waals surface area contributed by atoms with Crippen LogP contribution < -0.4 is 5.40 Å². The molecule has 0 amide bonds. The van der Waals surface area contributed by atoms with Crippen LogP contribution in [0.4, 0.5) is 0 Å². The van der Waals surface area contributed by atoms with Crippen molar-refractivity contribution < 1.29 is 0 Å². The van der Waals surface area contributed by atoms with Crippen molar-refractivity contribution in [3.05, 3.63) is 11.1 Å². The van der Waals surface area contributed by atoms with E-state index in [2.05, 4.69) is 20.0 Å². The lowest BCUT2D eigenvalue weighted by atomic mass is 10.4.